The van der Waals surface area contributed by atoms with Crippen LogP contribution in [0.15, 0.2) is 0 Å². The molecule has 0 saturated carbocycles. The van der Waals surface area contributed by atoms with E-state index in [2.05, 4.69) is 17.6 Å². The Hall–Kier alpha value is -0.0800. The molecule has 0 aliphatic heterocycles. The molecule has 0 rings (SSSR count). The third-order valence-corrected chi connectivity index (χ3v) is 4.01. The Bertz CT molecular complexity index is 141. The van der Waals surface area contributed by atoms with Gasteiger partial charge in [0.2, 0.25) is 0 Å². The molecule has 0 bridgehead atoms. The van der Waals surface area contributed by atoms with Gasteiger partial charge >= 0.3 is 0 Å². The first-order valence-electron chi connectivity index (χ1n) is 9.27. The van der Waals surface area contributed by atoms with Crippen LogP contribution >= 0.6 is 0 Å². The Morgan fingerprint density at radius 3 is 1.40 bits per heavy atom. The standard InChI is InChI=1S/C18H40N2/c1-3-4-5-6-7-8-9-10-11-12-13-14-15-16-20-18-17-19-2/h19-20H,3-18H2,1-2H3. The van der Waals surface area contributed by atoms with Crippen molar-refractivity contribution in [3.8, 4) is 0 Å². The fourth-order valence-electron chi connectivity index (χ4n) is 2.61. The van der Waals surface area contributed by atoms with Gasteiger partial charge in [0, 0.05) is 13.1 Å². The summed E-state index contributed by atoms with van der Waals surface area (Å²) < 4.78 is 0. The second-order valence-corrected chi connectivity index (χ2v) is 6.10. The highest BCUT2D eigenvalue weighted by molar-refractivity contribution is 4.52. The zero-order chi connectivity index (χ0) is 14.7. The summed E-state index contributed by atoms with van der Waals surface area (Å²) in [6.45, 7) is 5.67. The van der Waals surface area contributed by atoms with Crippen molar-refractivity contribution >= 4 is 0 Å². The number of nitrogens with one attached hydrogen (secondary N) is 2. The van der Waals surface area contributed by atoms with Crippen molar-refractivity contribution in [3.63, 3.8) is 0 Å². The smallest absolute Gasteiger partial charge is 0.00766 e. The summed E-state index contributed by atoms with van der Waals surface area (Å²) in [6.07, 6.45) is 18.7. The molecule has 122 valence electrons. The van der Waals surface area contributed by atoms with Crippen molar-refractivity contribution in [2.75, 3.05) is 26.7 Å². The van der Waals surface area contributed by atoms with Crippen LogP contribution in [0.25, 0.3) is 0 Å². The van der Waals surface area contributed by atoms with Crippen molar-refractivity contribution in [2.45, 2.75) is 90.4 Å². The quantitative estimate of drug-likeness (QED) is 0.372. The van der Waals surface area contributed by atoms with Crippen molar-refractivity contribution in [1.29, 1.82) is 0 Å². The normalized spacial score (nSPS) is 11.1. The van der Waals surface area contributed by atoms with Gasteiger partial charge < -0.3 is 10.6 Å². The van der Waals surface area contributed by atoms with Gasteiger partial charge in [0.1, 0.15) is 0 Å². The molecule has 2 N–H and O–H groups in total. The van der Waals surface area contributed by atoms with Gasteiger partial charge in [-0.1, -0.05) is 84.0 Å². The third kappa shape index (κ3) is 17.9. The molecule has 0 aromatic carbocycles. The maximum absolute atomic E-state index is 3.46. The summed E-state index contributed by atoms with van der Waals surface area (Å²) in [6, 6.07) is 0. The average Bonchev–Trinajstić information content (AvgIpc) is 2.47. The first-order chi connectivity index (χ1) is 9.91. The third-order valence-electron chi connectivity index (χ3n) is 4.01. The highest BCUT2D eigenvalue weighted by atomic mass is 14.9. The molecular weight excluding hydrogens is 244 g/mol. The fourth-order valence-corrected chi connectivity index (χ4v) is 2.61. The van der Waals surface area contributed by atoms with Crippen molar-refractivity contribution in [3.05, 3.63) is 0 Å². The maximum Gasteiger partial charge on any atom is 0.00766 e. The van der Waals surface area contributed by atoms with E-state index in [-0.39, 0.29) is 0 Å². The summed E-state index contributed by atoms with van der Waals surface area (Å²) in [5, 5.41) is 6.62. The van der Waals surface area contributed by atoms with E-state index < -0.39 is 0 Å². The van der Waals surface area contributed by atoms with Gasteiger partial charge in [-0.05, 0) is 20.0 Å². The van der Waals surface area contributed by atoms with Crippen LogP contribution in [0.2, 0.25) is 0 Å². The van der Waals surface area contributed by atoms with E-state index in [1.165, 1.54) is 90.0 Å². The summed E-state index contributed by atoms with van der Waals surface area (Å²) >= 11 is 0. The zero-order valence-corrected chi connectivity index (χ0v) is 14.3. The molecule has 0 spiro atoms. The number of unbranched alkanes of at least 4 members (excludes halogenated alkanes) is 12. The van der Waals surface area contributed by atoms with Gasteiger partial charge in [0.05, 0.1) is 0 Å². The Morgan fingerprint density at radius 1 is 0.500 bits per heavy atom. The average molecular weight is 285 g/mol. The van der Waals surface area contributed by atoms with Crippen LogP contribution < -0.4 is 10.6 Å². The maximum atomic E-state index is 3.46. The predicted molar refractivity (Wildman–Crippen MR) is 92.5 cm³/mol. The monoisotopic (exact) mass is 284 g/mol. The minimum atomic E-state index is 1.08. The molecule has 0 amide bonds. The van der Waals surface area contributed by atoms with Crippen LogP contribution in [0.3, 0.4) is 0 Å². The highest BCUT2D eigenvalue weighted by Gasteiger charge is 1.93. The molecule has 0 heterocycles. The van der Waals surface area contributed by atoms with Crippen LogP contribution in [-0.4, -0.2) is 26.7 Å². The van der Waals surface area contributed by atoms with Crippen molar-refractivity contribution in [1.82, 2.24) is 10.6 Å². The highest BCUT2D eigenvalue weighted by Crippen LogP contribution is 2.12. The largest absolute Gasteiger partial charge is 0.318 e. The molecular formula is C18H40N2. The van der Waals surface area contributed by atoms with Gasteiger partial charge in [-0.3, -0.25) is 0 Å². The molecule has 0 atom stereocenters. The number of rotatable bonds is 17. The Morgan fingerprint density at radius 2 is 0.950 bits per heavy atom. The fraction of sp³-hybridized carbons (Fsp3) is 1.00. The first kappa shape index (κ1) is 19.9. The number of hydrogen-bond donors (Lipinski definition) is 2. The molecule has 20 heavy (non-hydrogen) atoms. The van der Waals surface area contributed by atoms with E-state index in [0.717, 1.165) is 13.1 Å². The lowest BCUT2D eigenvalue weighted by Gasteiger charge is -2.04. The van der Waals surface area contributed by atoms with Crippen molar-refractivity contribution in [2.24, 2.45) is 0 Å². The summed E-state index contributed by atoms with van der Waals surface area (Å²) in [7, 11) is 2.01. The number of hydrogen-bond acceptors (Lipinski definition) is 2. The van der Waals surface area contributed by atoms with E-state index in [0.29, 0.717) is 0 Å². The van der Waals surface area contributed by atoms with Crippen LogP contribution in [0.4, 0.5) is 0 Å². The first-order valence-corrected chi connectivity index (χ1v) is 9.27. The molecule has 0 aromatic rings. The lowest BCUT2D eigenvalue weighted by molar-refractivity contribution is 0.531. The van der Waals surface area contributed by atoms with Crippen LogP contribution in [-0.2, 0) is 0 Å². The minimum absolute atomic E-state index is 1.08. The molecule has 0 aliphatic rings. The van der Waals surface area contributed by atoms with Gasteiger partial charge in [-0.15, -0.1) is 0 Å². The summed E-state index contributed by atoms with van der Waals surface area (Å²) in [5.41, 5.74) is 0. The predicted octanol–water partition coefficient (Wildman–Crippen LogP) is 4.89. The topological polar surface area (TPSA) is 24.1 Å². The Kier molecular flexibility index (Phi) is 18.8. The molecule has 0 saturated heterocycles. The van der Waals surface area contributed by atoms with E-state index in [9.17, 15) is 0 Å². The number of likely N-dealkylation sites (N-methyl/N-ethyl adjacent to an activating group) is 1. The summed E-state index contributed by atoms with van der Waals surface area (Å²) in [5.74, 6) is 0. The van der Waals surface area contributed by atoms with Crippen LogP contribution in [0.5, 0.6) is 0 Å². The molecule has 0 fully saturated rings. The van der Waals surface area contributed by atoms with Gasteiger partial charge in [0.15, 0.2) is 0 Å². The lowest BCUT2D eigenvalue weighted by Crippen LogP contribution is -2.25. The SMILES string of the molecule is CCCCCCCCCCCCCCCNCCNC. The van der Waals surface area contributed by atoms with E-state index in [4.69, 9.17) is 0 Å². The van der Waals surface area contributed by atoms with Crippen LogP contribution in [0, 0.1) is 0 Å². The zero-order valence-electron chi connectivity index (χ0n) is 14.3. The molecule has 2 nitrogen and oxygen atoms in total. The second kappa shape index (κ2) is 18.9. The van der Waals surface area contributed by atoms with E-state index in [1.54, 1.807) is 0 Å². The lowest BCUT2D eigenvalue weighted by atomic mass is 10.0. The molecule has 0 aliphatic carbocycles. The van der Waals surface area contributed by atoms with Gasteiger partial charge in [-0.2, -0.15) is 0 Å². The van der Waals surface area contributed by atoms with Gasteiger partial charge in [-0.25, -0.2) is 0 Å². The second-order valence-electron chi connectivity index (χ2n) is 6.10. The van der Waals surface area contributed by atoms with E-state index >= 15 is 0 Å². The van der Waals surface area contributed by atoms with E-state index in [1.807, 2.05) is 7.05 Å². The Labute approximate surface area is 128 Å². The van der Waals surface area contributed by atoms with Crippen molar-refractivity contribution < 1.29 is 0 Å². The molecule has 2 heteroatoms. The Balaban J connectivity index is 2.89. The van der Waals surface area contributed by atoms with Crippen LogP contribution in [0.1, 0.15) is 90.4 Å². The van der Waals surface area contributed by atoms with Gasteiger partial charge in [0.25, 0.3) is 0 Å². The molecule has 0 aromatic heterocycles. The summed E-state index contributed by atoms with van der Waals surface area (Å²) in [4.78, 5) is 0. The minimum Gasteiger partial charge on any atom is -0.318 e. The molecule has 0 unspecified atom stereocenters. The molecule has 0 radical (unpaired) electrons.